The number of rotatable bonds is 7. The van der Waals surface area contributed by atoms with E-state index in [1.807, 2.05) is 51.5 Å². The van der Waals surface area contributed by atoms with E-state index in [2.05, 4.69) is 6.92 Å². The van der Waals surface area contributed by atoms with Gasteiger partial charge in [-0.15, -0.1) is 0 Å². The van der Waals surface area contributed by atoms with Gasteiger partial charge in [0.25, 0.3) is 0 Å². The second-order valence-corrected chi connectivity index (χ2v) is 5.80. The number of likely N-dealkylation sites (N-methyl/N-ethyl adjacent to an activating group) is 1. The molecular weight excluding hydrogens is 274 g/mol. The SMILES string of the molecule is CCCCCOC(=O)C(c1ccccc1)[N+](C)(C)C.[Cl-]. The molecule has 0 radical (unpaired) electrons. The third-order valence-electron chi connectivity index (χ3n) is 3.11. The molecule has 0 aliphatic carbocycles. The highest BCUT2D eigenvalue weighted by atomic mass is 35.5. The summed E-state index contributed by atoms with van der Waals surface area (Å²) in [5.41, 5.74) is 1.01. The van der Waals surface area contributed by atoms with Crippen molar-refractivity contribution in [3.8, 4) is 0 Å². The van der Waals surface area contributed by atoms with Crippen molar-refractivity contribution >= 4 is 5.97 Å². The van der Waals surface area contributed by atoms with E-state index in [9.17, 15) is 4.79 Å². The molecule has 1 rings (SSSR count). The number of benzene rings is 1. The van der Waals surface area contributed by atoms with E-state index in [0.717, 1.165) is 24.8 Å². The summed E-state index contributed by atoms with van der Waals surface area (Å²) in [5, 5.41) is 0. The highest BCUT2D eigenvalue weighted by Gasteiger charge is 2.34. The third kappa shape index (κ3) is 5.93. The molecule has 0 heterocycles. The monoisotopic (exact) mass is 299 g/mol. The summed E-state index contributed by atoms with van der Waals surface area (Å²) < 4.78 is 5.97. The van der Waals surface area contributed by atoms with Gasteiger partial charge >= 0.3 is 5.97 Å². The maximum atomic E-state index is 12.3. The molecule has 0 saturated heterocycles. The number of hydrogen-bond donors (Lipinski definition) is 0. The Morgan fingerprint density at radius 2 is 1.75 bits per heavy atom. The predicted molar refractivity (Wildman–Crippen MR) is 77.7 cm³/mol. The first-order chi connectivity index (χ1) is 8.96. The minimum Gasteiger partial charge on any atom is -1.00 e. The van der Waals surface area contributed by atoms with Crippen LogP contribution in [0.2, 0.25) is 0 Å². The fraction of sp³-hybridized carbons (Fsp3) is 0.562. The Morgan fingerprint density at radius 1 is 1.15 bits per heavy atom. The van der Waals surface area contributed by atoms with Crippen LogP contribution in [0.25, 0.3) is 0 Å². The van der Waals surface area contributed by atoms with Gasteiger partial charge in [-0.1, -0.05) is 50.1 Å². The zero-order valence-electron chi connectivity index (χ0n) is 12.9. The molecule has 1 unspecified atom stereocenters. The van der Waals surface area contributed by atoms with Crippen LogP contribution in [0.15, 0.2) is 30.3 Å². The lowest BCUT2D eigenvalue weighted by molar-refractivity contribution is -0.893. The summed E-state index contributed by atoms with van der Waals surface area (Å²) in [6.45, 7) is 2.66. The summed E-state index contributed by atoms with van der Waals surface area (Å²) in [7, 11) is 6.06. The van der Waals surface area contributed by atoms with Gasteiger partial charge in [0, 0.05) is 5.56 Å². The maximum absolute atomic E-state index is 12.3. The second kappa shape index (κ2) is 8.98. The predicted octanol–water partition coefficient (Wildman–Crippen LogP) is 0.171. The molecule has 3 nitrogen and oxygen atoms in total. The lowest BCUT2D eigenvalue weighted by atomic mass is 10.0. The molecule has 0 saturated carbocycles. The number of carbonyl (C=O) groups is 1. The van der Waals surface area contributed by atoms with Crippen molar-refractivity contribution in [1.82, 2.24) is 0 Å². The van der Waals surface area contributed by atoms with E-state index >= 15 is 0 Å². The molecule has 1 aromatic rings. The number of halogens is 1. The minimum atomic E-state index is -0.261. The first-order valence-electron chi connectivity index (χ1n) is 6.99. The van der Waals surface area contributed by atoms with E-state index in [1.54, 1.807) is 0 Å². The fourth-order valence-electron chi connectivity index (χ4n) is 2.14. The highest BCUT2D eigenvalue weighted by molar-refractivity contribution is 5.76. The second-order valence-electron chi connectivity index (χ2n) is 5.80. The Balaban J connectivity index is 0.00000361. The minimum absolute atomic E-state index is 0. The van der Waals surface area contributed by atoms with Crippen LogP contribution in [0.3, 0.4) is 0 Å². The van der Waals surface area contributed by atoms with Crippen molar-refractivity contribution in [2.24, 2.45) is 0 Å². The molecule has 0 aliphatic rings. The lowest BCUT2D eigenvalue weighted by Crippen LogP contribution is -3.00. The van der Waals surface area contributed by atoms with Crippen LogP contribution in [0.1, 0.15) is 37.8 Å². The van der Waals surface area contributed by atoms with Crippen LogP contribution in [0.4, 0.5) is 0 Å². The van der Waals surface area contributed by atoms with Gasteiger partial charge in [0.2, 0.25) is 6.04 Å². The number of esters is 1. The Morgan fingerprint density at radius 3 is 2.25 bits per heavy atom. The normalized spacial score (nSPS) is 12.4. The Kier molecular flexibility index (Phi) is 8.51. The van der Waals surface area contributed by atoms with Gasteiger partial charge in [0.05, 0.1) is 27.7 Å². The third-order valence-corrected chi connectivity index (χ3v) is 3.11. The topological polar surface area (TPSA) is 26.3 Å². The molecule has 20 heavy (non-hydrogen) atoms. The molecule has 1 atom stereocenters. The zero-order valence-corrected chi connectivity index (χ0v) is 13.7. The molecule has 0 aromatic heterocycles. The van der Waals surface area contributed by atoms with Crippen LogP contribution >= 0.6 is 0 Å². The van der Waals surface area contributed by atoms with Crippen molar-refractivity contribution in [1.29, 1.82) is 0 Å². The number of quaternary nitrogens is 1. The van der Waals surface area contributed by atoms with Gasteiger partial charge in [-0.3, -0.25) is 0 Å². The summed E-state index contributed by atoms with van der Waals surface area (Å²) in [4.78, 5) is 12.3. The Labute approximate surface area is 128 Å². The summed E-state index contributed by atoms with van der Waals surface area (Å²) >= 11 is 0. The average molecular weight is 300 g/mol. The van der Waals surface area contributed by atoms with Gasteiger partial charge < -0.3 is 21.6 Å². The Bertz CT molecular complexity index is 387. The molecule has 0 bridgehead atoms. The molecule has 114 valence electrons. The van der Waals surface area contributed by atoms with Crippen molar-refractivity contribution in [3.05, 3.63) is 35.9 Å². The molecule has 1 aromatic carbocycles. The lowest BCUT2D eigenvalue weighted by Gasteiger charge is -2.32. The van der Waals surface area contributed by atoms with Crippen molar-refractivity contribution in [3.63, 3.8) is 0 Å². The molecule has 0 aliphatic heterocycles. The van der Waals surface area contributed by atoms with E-state index in [1.165, 1.54) is 0 Å². The van der Waals surface area contributed by atoms with Crippen molar-refractivity contribution < 1.29 is 26.4 Å². The molecular formula is C16H26ClNO2. The van der Waals surface area contributed by atoms with Crippen LogP contribution in [-0.4, -0.2) is 38.2 Å². The van der Waals surface area contributed by atoms with E-state index in [-0.39, 0.29) is 24.4 Å². The largest absolute Gasteiger partial charge is 1.00 e. The fourth-order valence-corrected chi connectivity index (χ4v) is 2.14. The zero-order chi connectivity index (χ0) is 14.3. The molecule has 0 amide bonds. The quantitative estimate of drug-likeness (QED) is 0.408. The van der Waals surface area contributed by atoms with E-state index in [4.69, 9.17) is 4.74 Å². The molecule has 0 spiro atoms. The van der Waals surface area contributed by atoms with E-state index < -0.39 is 0 Å². The van der Waals surface area contributed by atoms with Gasteiger partial charge in [0.15, 0.2) is 0 Å². The first-order valence-corrected chi connectivity index (χ1v) is 6.99. The summed E-state index contributed by atoms with van der Waals surface area (Å²) in [5.74, 6) is -0.130. The van der Waals surface area contributed by atoms with Crippen molar-refractivity contribution in [2.45, 2.75) is 32.2 Å². The van der Waals surface area contributed by atoms with Crippen LogP contribution < -0.4 is 12.4 Å². The molecule has 4 heteroatoms. The summed E-state index contributed by atoms with van der Waals surface area (Å²) in [6, 6.07) is 9.60. The number of nitrogens with zero attached hydrogens (tertiary/aromatic N) is 1. The smallest absolute Gasteiger partial charge is 0.369 e. The molecule has 0 fully saturated rings. The Hall–Kier alpha value is -1.06. The average Bonchev–Trinajstić information content (AvgIpc) is 2.34. The molecule has 0 N–H and O–H groups in total. The van der Waals surface area contributed by atoms with Crippen molar-refractivity contribution in [2.75, 3.05) is 27.7 Å². The van der Waals surface area contributed by atoms with Gasteiger partial charge in [-0.2, -0.15) is 0 Å². The summed E-state index contributed by atoms with van der Waals surface area (Å²) in [6.07, 6.45) is 3.18. The number of unbranched alkanes of at least 4 members (excludes halogenated alkanes) is 2. The van der Waals surface area contributed by atoms with Crippen LogP contribution in [-0.2, 0) is 9.53 Å². The van der Waals surface area contributed by atoms with Gasteiger partial charge in [0.1, 0.15) is 0 Å². The maximum Gasteiger partial charge on any atom is 0.369 e. The number of ether oxygens (including phenoxy) is 1. The standard InChI is InChI=1S/C16H26NO2.ClH/c1-5-6-10-13-19-16(18)15(17(2,3)4)14-11-8-7-9-12-14;/h7-9,11-12,15H,5-6,10,13H2,1-4H3;1H/q+1;/p-1. The number of hydrogen-bond acceptors (Lipinski definition) is 2. The van der Waals surface area contributed by atoms with E-state index in [0.29, 0.717) is 11.1 Å². The highest BCUT2D eigenvalue weighted by Crippen LogP contribution is 2.24. The first kappa shape index (κ1) is 18.9. The van der Waals surface area contributed by atoms with Gasteiger partial charge in [-0.05, 0) is 6.42 Å². The van der Waals surface area contributed by atoms with Gasteiger partial charge in [-0.25, -0.2) is 4.79 Å². The number of carbonyl (C=O) groups excluding carboxylic acids is 1. The van der Waals surface area contributed by atoms with Crippen LogP contribution in [0.5, 0.6) is 0 Å². The van der Waals surface area contributed by atoms with Crippen LogP contribution in [0, 0.1) is 0 Å².